The van der Waals surface area contributed by atoms with Gasteiger partial charge in [-0.05, 0) is 35.4 Å². The van der Waals surface area contributed by atoms with Crippen LogP contribution >= 0.6 is 0 Å². The average molecular weight is 344 g/mol. The first-order chi connectivity index (χ1) is 12.8. The van der Waals surface area contributed by atoms with E-state index in [1.54, 1.807) is 0 Å². The Balaban J connectivity index is 1.33. The van der Waals surface area contributed by atoms with Gasteiger partial charge in [-0.25, -0.2) is 4.79 Å². The molecule has 1 N–H and O–H groups in total. The molecular weight excluding hydrogens is 324 g/mol. The van der Waals surface area contributed by atoms with Crippen molar-refractivity contribution in [3.05, 3.63) is 84.4 Å². The summed E-state index contributed by atoms with van der Waals surface area (Å²) in [5, 5.41) is 3.33. The van der Waals surface area contributed by atoms with Crippen LogP contribution in [0.2, 0.25) is 0 Å². The summed E-state index contributed by atoms with van der Waals surface area (Å²) in [6.45, 7) is 1.76. The molecule has 130 valence electrons. The number of benzene rings is 3. The number of anilines is 2. The van der Waals surface area contributed by atoms with Gasteiger partial charge in [0.2, 0.25) is 0 Å². The van der Waals surface area contributed by atoms with Crippen LogP contribution in [-0.4, -0.2) is 25.8 Å². The molecule has 4 heteroatoms. The molecule has 0 aromatic heterocycles. The summed E-state index contributed by atoms with van der Waals surface area (Å²) in [5.74, 6) is -0.287. The van der Waals surface area contributed by atoms with E-state index in [0.717, 1.165) is 29.2 Å². The molecule has 1 heterocycles. The van der Waals surface area contributed by atoms with Crippen LogP contribution < -0.4 is 10.2 Å². The number of ether oxygens (including phenoxy) is 1. The molecule has 26 heavy (non-hydrogen) atoms. The van der Waals surface area contributed by atoms with Crippen molar-refractivity contribution in [1.29, 1.82) is 0 Å². The Morgan fingerprint density at radius 2 is 1.58 bits per heavy atom. The number of nitrogens with zero attached hydrogens (tertiary/aromatic N) is 1. The summed E-state index contributed by atoms with van der Waals surface area (Å²) in [6, 6.07) is 25.8. The summed E-state index contributed by atoms with van der Waals surface area (Å²) >= 11 is 0. The van der Waals surface area contributed by atoms with E-state index in [1.807, 2.05) is 54.6 Å². The van der Waals surface area contributed by atoms with Gasteiger partial charge in [0.25, 0.3) is 0 Å². The molecule has 0 spiro atoms. The van der Waals surface area contributed by atoms with Crippen molar-refractivity contribution < 1.29 is 9.53 Å². The second kappa shape index (κ2) is 7.31. The number of nitrogens with one attached hydrogen (secondary N) is 1. The van der Waals surface area contributed by atoms with Crippen LogP contribution in [0.5, 0.6) is 0 Å². The molecular formula is C22H20N2O2. The van der Waals surface area contributed by atoms with Crippen molar-refractivity contribution in [1.82, 2.24) is 0 Å². The Morgan fingerprint density at radius 1 is 0.885 bits per heavy atom. The van der Waals surface area contributed by atoms with Crippen LogP contribution in [0.4, 0.5) is 11.4 Å². The molecule has 0 fully saturated rings. The first kappa shape index (κ1) is 16.2. The molecule has 0 amide bonds. The second-order valence-corrected chi connectivity index (χ2v) is 6.19. The lowest BCUT2D eigenvalue weighted by molar-refractivity contribution is 0.0515. The number of rotatable bonds is 5. The van der Waals surface area contributed by atoms with Crippen LogP contribution in [0, 0.1) is 0 Å². The Hall–Kier alpha value is -3.27. The minimum atomic E-state index is -0.287. The first-order valence-corrected chi connectivity index (χ1v) is 8.72. The van der Waals surface area contributed by atoms with Crippen LogP contribution in [0.25, 0.3) is 11.1 Å². The molecule has 4 rings (SSSR count). The SMILES string of the molecule is O=C(OCCN1CNc2ccccc21)c1ccc(-c2ccccc2)cc1. The van der Waals surface area contributed by atoms with Crippen molar-refractivity contribution in [3.63, 3.8) is 0 Å². The molecule has 4 nitrogen and oxygen atoms in total. The number of para-hydroxylation sites is 2. The van der Waals surface area contributed by atoms with Crippen LogP contribution in [0.1, 0.15) is 10.4 Å². The van der Waals surface area contributed by atoms with Crippen molar-refractivity contribution in [3.8, 4) is 11.1 Å². The first-order valence-electron chi connectivity index (χ1n) is 8.72. The highest BCUT2D eigenvalue weighted by molar-refractivity contribution is 5.90. The monoisotopic (exact) mass is 344 g/mol. The highest BCUT2D eigenvalue weighted by Gasteiger charge is 2.17. The Morgan fingerprint density at radius 3 is 2.38 bits per heavy atom. The predicted molar refractivity (Wildman–Crippen MR) is 104 cm³/mol. The average Bonchev–Trinajstić information content (AvgIpc) is 3.12. The van der Waals surface area contributed by atoms with Gasteiger partial charge < -0.3 is 15.0 Å². The Kier molecular flexibility index (Phi) is 4.56. The minimum Gasteiger partial charge on any atom is -0.460 e. The van der Waals surface area contributed by atoms with Gasteiger partial charge in [-0.3, -0.25) is 0 Å². The Bertz CT molecular complexity index is 892. The summed E-state index contributed by atoms with van der Waals surface area (Å²) in [4.78, 5) is 14.4. The molecule has 1 aliphatic rings. The third-order valence-electron chi connectivity index (χ3n) is 4.53. The second-order valence-electron chi connectivity index (χ2n) is 6.19. The van der Waals surface area contributed by atoms with Crippen molar-refractivity contribution in [2.24, 2.45) is 0 Å². The molecule has 0 radical (unpaired) electrons. The topological polar surface area (TPSA) is 41.6 Å². The Labute approximate surface area is 153 Å². The van der Waals surface area contributed by atoms with E-state index >= 15 is 0 Å². The quantitative estimate of drug-likeness (QED) is 0.697. The zero-order chi connectivity index (χ0) is 17.8. The van der Waals surface area contributed by atoms with E-state index in [-0.39, 0.29) is 5.97 Å². The summed E-state index contributed by atoms with van der Waals surface area (Å²) in [6.07, 6.45) is 0. The maximum Gasteiger partial charge on any atom is 0.338 e. The van der Waals surface area contributed by atoms with Crippen molar-refractivity contribution >= 4 is 17.3 Å². The summed E-state index contributed by atoms with van der Waals surface area (Å²) in [7, 11) is 0. The van der Waals surface area contributed by atoms with Gasteiger partial charge in [0.15, 0.2) is 0 Å². The fraction of sp³-hybridized carbons (Fsp3) is 0.136. The van der Waals surface area contributed by atoms with Gasteiger partial charge in [0.1, 0.15) is 6.61 Å². The number of hydrogen-bond donors (Lipinski definition) is 1. The molecule has 0 bridgehead atoms. The largest absolute Gasteiger partial charge is 0.460 e. The van der Waals surface area contributed by atoms with E-state index in [0.29, 0.717) is 18.7 Å². The molecule has 1 aliphatic heterocycles. The van der Waals surface area contributed by atoms with Gasteiger partial charge >= 0.3 is 5.97 Å². The van der Waals surface area contributed by atoms with Crippen LogP contribution in [0.15, 0.2) is 78.9 Å². The molecule has 0 atom stereocenters. The van der Waals surface area contributed by atoms with Gasteiger partial charge in [-0.15, -0.1) is 0 Å². The number of esters is 1. The molecule has 3 aromatic rings. The number of carbonyl (C=O) groups excluding carboxylic acids is 1. The van der Waals surface area contributed by atoms with Crippen molar-refractivity contribution in [2.75, 3.05) is 30.0 Å². The lowest BCUT2D eigenvalue weighted by Crippen LogP contribution is -2.27. The molecule has 3 aromatic carbocycles. The third-order valence-corrected chi connectivity index (χ3v) is 4.53. The highest BCUT2D eigenvalue weighted by Crippen LogP contribution is 2.30. The number of carbonyl (C=O) groups is 1. The number of hydrogen-bond acceptors (Lipinski definition) is 4. The molecule has 0 saturated heterocycles. The van der Waals surface area contributed by atoms with Gasteiger partial charge in [0, 0.05) is 0 Å². The minimum absolute atomic E-state index is 0.287. The van der Waals surface area contributed by atoms with E-state index in [2.05, 4.69) is 34.5 Å². The van der Waals surface area contributed by atoms with Gasteiger partial charge in [0.05, 0.1) is 30.2 Å². The standard InChI is InChI=1S/C22H20N2O2/c25-22(19-12-10-18(11-13-19)17-6-2-1-3-7-17)26-15-14-24-16-23-20-8-4-5-9-21(20)24/h1-13,23H,14-16H2. The van der Waals surface area contributed by atoms with E-state index in [9.17, 15) is 4.79 Å². The van der Waals surface area contributed by atoms with E-state index in [1.165, 1.54) is 0 Å². The van der Waals surface area contributed by atoms with Crippen LogP contribution in [-0.2, 0) is 4.74 Å². The zero-order valence-corrected chi connectivity index (χ0v) is 14.4. The summed E-state index contributed by atoms with van der Waals surface area (Å²) < 4.78 is 5.44. The maximum atomic E-state index is 12.3. The van der Waals surface area contributed by atoms with E-state index < -0.39 is 0 Å². The highest BCUT2D eigenvalue weighted by atomic mass is 16.5. The molecule has 0 unspecified atom stereocenters. The third kappa shape index (κ3) is 3.40. The summed E-state index contributed by atoms with van der Waals surface area (Å²) in [5.41, 5.74) is 5.06. The smallest absolute Gasteiger partial charge is 0.338 e. The predicted octanol–water partition coefficient (Wildman–Crippen LogP) is 4.40. The fourth-order valence-electron chi connectivity index (χ4n) is 3.13. The van der Waals surface area contributed by atoms with E-state index in [4.69, 9.17) is 4.74 Å². The maximum absolute atomic E-state index is 12.3. The lowest BCUT2D eigenvalue weighted by Gasteiger charge is -2.17. The lowest BCUT2D eigenvalue weighted by atomic mass is 10.0. The fourth-order valence-corrected chi connectivity index (χ4v) is 3.13. The van der Waals surface area contributed by atoms with Gasteiger partial charge in [-0.2, -0.15) is 0 Å². The molecule has 0 saturated carbocycles. The normalized spacial score (nSPS) is 12.4. The van der Waals surface area contributed by atoms with Crippen molar-refractivity contribution in [2.45, 2.75) is 0 Å². The van der Waals surface area contributed by atoms with Gasteiger partial charge in [-0.1, -0.05) is 54.6 Å². The number of fused-ring (bicyclic) bond motifs is 1. The van der Waals surface area contributed by atoms with Crippen LogP contribution in [0.3, 0.4) is 0 Å². The molecule has 0 aliphatic carbocycles. The zero-order valence-electron chi connectivity index (χ0n) is 14.4.